The SMILES string of the molecule is [N-]=[N+]=NCC#Cc1cc(F)c(O)c(C=O)c1. The van der Waals surface area contributed by atoms with Gasteiger partial charge in [-0.2, -0.15) is 0 Å². The van der Waals surface area contributed by atoms with Gasteiger partial charge in [-0.25, -0.2) is 4.39 Å². The summed E-state index contributed by atoms with van der Waals surface area (Å²) in [6, 6.07) is 2.24. The van der Waals surface area contributed by atoms with Crippen molar-refractivity contribution in [2.45, 2.75) is 0 Å². The summed E-state index contributed by atoms with van der Waals surface area (Å²) in [7, 11) is 0. The quantitative estimate of drug-likeness (QED) is 0.271. The Bertz CT molecular complexity index is 525. The molecule has 6 heteroatoms. The van der Waals surface area contributed by atoms with E-state index in [2.05, 4.69) is 21.9 Å². The number of benzene rings is 1. The molecule has 1 N–H and O–H groups in total. The van der Waals surface area contributed by atoms with E-state index >= 15 is 0 Å². The maximum Gasteiger partial charge on any atom is 0.166 e. The van der Waals surface area contributed by atoms with Crippen LogP contribution in [0.2, 0.25) is 0 Å². The molecule has 1 aromatic rings. The van der Waals surface area contributed by atoms with Crippen molar-refractivity contribution in [2.24, 2.45) is 5.11 Å². The average Bonchev–Trinajstić information content (AvgIpc) is 2.29. The van der Waals surface area contributed by atoms with Crippen molar-refractivity contribution in [1.82, 2.24) is 0 Å². The summed E-state index contributed by atoms with van der Waals surface area (Å²) in [5.41, 5.74) is 8.03. The fraction of sp³-hybridized carbons (Fsp3) is 0.100. The Hall–Kier alpha value is -2.51. The van der Waals surface area contributed by atoms with Gasteiger partial charge in [-0.3, -0.25) is 4.79 Å². The van der Waals surface area contributed by atoms with Gasteiger partial charge < -0.3 is 5.11 Å². The van der Waals surface area contributed by atoms with Gasteiger partial charge in [-0.05, 0) is 17.7 Å². The molecule has 80 valence electrons. The van der Waals surface area contributed by atoms with E-state index in [1.165, 1.54) is 6.07 Å². The Morgan fingerprint density at radius 3 is 3.00 bits per heavy atom. The summed E-state index contributed by atoms with van der Waals surface area (Å²) in [6.07, 6.45) is 0.330. The van der Waals surface area contributed by atoms with Gasteiger partial charge in [0.1, 0.15) is 0 Å². The lowest BCUT2D eigenvalue weighted by molar-refractivity contribution is 0.112. The first-order valence-electron chi connectivity index (χ1n) is 4.16. The second kappa shape index (κ2) is 5.39. The number of hydrogen-bond acceptors (Lipinski definition) is 3. The van der Waals surface area contributed by atoms with Gasteiger partial charge in [0, 0.05) is 10.5 Å². The predicted molar refractivity (Wildman–Crippen MR) is 54.3 cm³/mol. The number of phenolic OH excluding ortho intramolecular Hbond substituents is 1. The monoisotopic (exact) mass is 219 g/mol. The van der Waals surface area contributed by atoms with E-state index in [4.69, 9.17) is 10.6 Å². The summed E-state index contributed by atoms with van der Waals surface area (Å²) in [4.78, 5) is 13.0. The predicted octanol–water partition coefficient (Wildman–Crippen LogP) is 2.01. The summed E-state index contributed by atoms with van der Waals surface area (Å²) in [6.45, 7) is -0.0462. The average molecular weight is 219 g/mol. The van der Waals surface area contributed by atoms with E-state index in [0.29, 0.717) is 6.29 Å². The Balaban J connectivity index is 3.05. The molecule has 0 bridgehead atoms. The molecule has 0 aromatic heterocycles. The molecule has 0 spiro atoms. The van der Waals surface area contributed by atoms with Crippen LogP contribution in [0.5, 0.6) is 5.75 Å². The molecule has 1 rings (SSSR count). The molecule has 1 aromatic carbocycles. The van der Waals surface area contributed by atoms with Crippen LogP contribution in [-0.2, 0) is 0 Å². The van der Waals surface area contributed by atoms with Gasteiger partial charge in [0.25, 0.3) is 0 Å². The second-order valence-electron chi connectivity index (χ2n) is 2.70. The zero-order valence-corrected chi connectivity index (χ0v) is 8.01. The summed E-state index contributed by atoms with van der Waals surface area (Å²) >= 11 is 0. The number of nitrogens with zero attached hydrogens (tertiary/aromatic N) is 3. The van der Waals surface area contributed by atoms with Crippen molar-refractivity contribution in [3.63, 3.8) is 0 Å². The summed E-state index contributed by atoms with van der Waals surface area (Å²) in [5, 5.41) is 12.3. The molecule has 0 aliphatic rings. The zero-order valence-electron chi connectivity index (χ0n) is 8.01. The molecule has 0 aliphatic heterocycles. The number of carbonyl (C=O) groups is 1. The highest BCUT2D eigenvalue weighted by molar-refractivity contribution is 5.80. The van der Waals surface area contributed by atoms with Crippen LogP contribution in [0.15, 0.2) is 17.2 Å². The number of aldehydes is 1. The number of hydrogen-bond donors (Lipinski definition) is 1. The molecule has 0 amide bonds. The van der Waals surface area contributed by atoms with Gasteiger partial charge in [-0.1, -0.05) is 17.0 Å². The first-order valence-corrected chi connectivity index (χ1v) is 4.16. The first-order chi connectivity index (χ1) is 7.69. The van der Waals surface area contributed by atoms with Gasteiger partial charge in [0.15, 0.2) is 17.9 Å². The molecule has 0 unspecified atom stereocenters. The smallest absolute Gasteiger partial charge is 0.166 e. The van der Waals surface area contributed by atoms with E-state index in [9.17, 15) is 9.18 Å². The molecule has 0 saturated carbocycles. The standard InChI is InChI=1S/C10H6FN3O2/c11-9-5-7(2-1-3-13-14-12)4-8(6-15)10(9)16/h4-6,16H,3H2. The van der Waals surface area contributed by atoms with Crippen LogP contribution in [0.25, 0.3) is 10.4 Å². The number of carbonyl (C=O) groups excluding carboxylic acids is 1. The molecule has 0 aliphatic carbocycles. The highest BCUT2D eigenvalue weighted by Crippen LogP contribution is 2.21. The molecular weight excluding hydrogens is 213 g/mol. The van der Waals surface area contributed by atoms with Crippen LogP contribution in [-0.4, -0.2) is 17.9 Å². The third-order valence-corrected chi connectivity index (χ3v) is 1.67. The van der Waals surface area contributed by atoms with Gasteiger partial charge >= 0.3 is 0 Å². The van der Waals surface area contributed by atoms with Gasteiger partial charge in [-0.15, -0.1) is 0 Å². The van der Waals surface area contributed by atoms with Crippen LogP contribution in [0.1, 0.15) is 15.9 Å². The first kappa shape index (κ1) is 11.6. The van der Waals surface area contributed by atoms with Crippen molar-refractivity contribution in [1.29, 1.82) is 0 Å². The van der Waals surface area contributed by atoms with E-state index in [-0.39, 0.29) is 17.7 Å². The largest absolute Gasteiger partial charge is 0.504 e. The molecule has 0 atom stereocenters. The lowest BCUT2D eigenvalue weighted by Gasteiger charge is -1.99. The molecular formula is C10H6FN3O2. The van der Waals surface area contributed by atoms with Crippen LogP contribution in [0.4, 0.5) is 4.39 Å². The minimum Gasteiger partial charge on any atom is -0.504 e. The summed E-state index contributed by atoms with van der Waals surface area (Å²) < 4.78 is 13.0. The third-order valence-electron chi connectivity index (χ3n) is 1.67. The maximum atomic E-state index is 13.0. The number of phenols is 1. The molecule has 0 saturated heterocycles. The number of aromatic hydroxyl groups is 1. The maximum absolute atomic E-state index is 13.0. The molecule has 0 radical (unpaired) electrons. The highest BCUT2D eigenvalue weighted by atomic mass is 19.1. The minimum absolute atomic E-state index is 0.0462. The van der Waals surface area contributed by atoms with Crippen LogP contribution in [0, 0.1) is 17.7 Å². The lowest BCUT2D eigenvalue weighted by Crippen LogP contribution is -1.88. The third kappa shape index (κ3) is 2.74. The Morgan fingerprint density at radius 1 is 1.62 bits per heavy atom. The number of rotatable bonds is 2. The lowest BCUT2D eigenvalue weighted by atomic mass is 10.1. The van der Waals surface area contributed by atoms with Crippen LogP contribution < -0.4 is 0 Å². The topological polar surface area (TPSA) is 86.1 Å². The van der Waals surface area contributed by atoms with E-state index in [0.717, 1.165) is 6.07 Å². The fourth-order valence-electron chi connectivity index (χ4n) is 0.991. The van der Waals surface area contributed by atoms with Gasteiger partial charge in [0.2, 0.25) is 0 Å². The highest BCUT2D eigenvalue weighted by Gasteiger charge is 2.07. The van der Waals surface area contributed by atoms with Crippen molar-refractivity contribution < 1.29 is 14.3 Å². The number of halogens is 1. The molecule has 0 fully saturated rings. The van der Waals surface area contributed by atoms with Crippen molar-refractivity contribution in [2.75, 3.05) is 6.54 Å². The van der Waals surface area contributed by atoms with E-state index in [1.807, 2.05) is 0 Å². The van der Waals surface area contributed by atoms with Crippen molar-refractivity contribution in [3.8, 4) is 17.6 Å². The van der Waals surface area contributed by atoms with Gasteiger partial charge in [0.05, 0.1) is 12.1 Å². The van der Waals surface area contributed by atoms with Crippen LogP contribution in [0.3, 0.4) is 0 Å². The molecule has 0 heterocycles. The Kier molecular flexibility index (Phi) is 3.90. The van der Waals surface area contributed by atoms with E-state index in [1.54, 1.807) is 0 Å². The van der Waals surface area contributed by atoms with E-state index < -0.39 is 11.6 Å². The normalized spacial score (nSPS) is 8.56. The van der Waals surface area contributed by atoms with Crippen LogP contribution >= 0.6 is 0 Å². The summed E-state index contributed by atoms with van der Waals surface area (Å²) in [5.74, 6) is 3.35. The minimum atomic E-state index is -0.919. The van der Waals surface area contributed by atoms with Crippen molar-refractivity contribution in [3.05, 3.63) is 39.5 Å². The zero-order chi connectivity index (χ0) is 12.0. The second-order valence-corrected chi connectivity index (χ2v) is 2.70. The van der Waals surface area contributed by atoms with Crippen molar-refractivity contribution >= 4 is 6.29 Å². The molecule has 16 heavy (non-hydrogen) atoms. The fourth-order valence-corrected chi connectivity index (χ4v) is 0.991. The Labute approximate surface area is 90.1 Å². The molecule has 5 nitrogen and oxygen atoms in total. The number of azide groups is 1. The Morgan fingerprint density at radius 2 is 2.38 bits per heavy atom.